The van der Waals surface area contributed by atoms with Gasteiger partial charge in [0.15, 0.2) is 0 Å². The average Bonchev–Trinajstić information content (AvgIpc) is 2.86. The molecule has 2 aromatic rings. The maximum atomic E-state index is 13.4. The van der Waals surface area contributed by atoms with Crippen molar-refractivity contribution in [2.45, 2.75) is 65.7 Å². The van der Waals surface area contributed by atoms with Crippen LogP contribution in [0.4, 0.5) is 0 Å². The van der Waals surface area contributed by atoms with Gasteiger partial charge in [0, 0.05) is 36.7 Å². The monoisotopic (exact) mass is 504 g/mol. The molecule has 4 rings (SSSR count). The van der Waals surface area contributed by atoms with Crippen molar-refractivity contribution >= 4 is 17.8 Å². The van der Waals surface area contributed by atoms with Crippen LogP contribution in [0, 0.1) is 6.92 Å². The lowest BCUT2D eigenvalue weighted by molar-refractivity contribution is -0.140. The molecule has 0 aromatic heterocycles. The minimum atomic E-state index is -0.398. The fourth-order valence-corrected chi connectivity index (χ4v) is 5.43. The third-order valence-electron chi connectivity index (χ3n) is 7.10. The second-order valence-electron chi connectivity index (χ2n) is 9.98. The van der Waals surface area contributed by atoms with Gasteiger partial charge in [-0.15, -0.1) is 0 Å². The lowest BCUT2D eigenvalue weighted by Crippen LogP contribution is -2.48. The van der Waals surface area contributed by atoms with Gasteiger partial charge in [-0.3, -0.25) is 9.59 Å². The molecule has 196 valence electrons. The van der Waals surface area contributed by atoms with E-state index in [9.17, 15) is 14.4 Å². The Labute approximate surface area is 219 Å². The quantitative estimate of drug-likeness (QED) is 0.538. The molecular weight excluding hydrogens is 468 g/mol. The van der Waals surface area contributed by atoms with Crippen molar-refractivity contribution in [3.8, 4) is 0 Å². The first-order valence-corrected chi connectivity index (χ1v) is 13.0. The van der Waals surface area contributed by atoms with Gasteiger partial charge in [-0.2, -0.15) is 0 Å². The minimum absolute atomic E-state index is 0.0165. The number of rotatable bonds is 6. The molecule has 2 aromatic carbocycles. The van der Waals surface area contributed by atoms with E-state index in [4.69, 9.17) is 9.47 Å². The van der Waals surface area contributed by atoms with E-state index < -0.39 is 5.97 Å². The van der Waals surface area contributed by atoms with Crippen molar-refractivity contribution in [1.29, 1.82) is 0 Å². The van der Waals surface area contributed by atoms with Gasteiger partial charge >= 0.3 is 5.97 Å². The zero-order chi connectivity index (χ0) is 26.7. The van der Waals surface area contributed by atoms with Crippen LogP contribution in [0.1, 0.15) is 67.1 Å². The molecule has 0 N–H and O–H groups in total. The molecule has 7 heteroatoms. The van der Waals surface area contributed by atoms with E-state index in [2.05, 4.69) is 0 Å². The van der Waals surface area contributed by atoms with Crippen LogP contribution in [0.25, 0.3) is 0 Å². The van der Waals surface area contributed by atoms with Crippen LogP contribution in [0.2, 0.25) is 0 Å². The number of amides is 2. The van der Waals surface area contributed by atoms with Crippen molar-refractivity contribution in [2.24, 2.45) is 0 Å². The molecule has 2 aliphatic heterocycles. The zero-order valence-electron chi connectivity index (χ0n) is 22.3. The second-order valence-corrected chi connectivity index (χ2v) is 9.98. The molecule has 0 bridgehead atoms. The van der Waals surface area contributed by atoms with Crippen molar-refractivity contribution in [1.82, 2.24) is 9.80 Å². The van der Waals surface area contributed by atoms with Crippen LogP contribution in [-0.2, 0) is 25.6 Å². The Morgan fingerprint density at radius 1 is 1.03 bits per heavy atom. The van der Waals surface area contributed by atoms with E-state index in [0.29, 0.717) is 29.9 Å². The number of carbonyl (C=O) groups excluding carboxylic acids is 3. The molecule has 2 amide bonds. The largest absolute Gasteiger partial charge is 0.463 e. The summed E-state index contributed by atoms with van der Waals surface area (Å²) < 4.78 is 11.2. The molecule has 3 unspecified atom stereocenters. The Morgan fingerprint density at radius 3 is 2.41 bits per heavy atom. The van der Waals surface area contributed by atoms with E-state index in [0.717, 1.165) is 16.7 Å². The number of nitrogens with zero attached hydrogens (tertiary/aromatic N) is 2. The molecule has 0 radical (unpaired) electrons. The van der Waals surface area contributed by atoms with Crippen molar-refractivity contribution in [3.05, 3.63) is 82.1 Å². The van der Waals surface area contributed by atoms with E-state index in [1.54, 1.807) is 24.8 Å². The highest BCUT2D eigenvalue weighted by molar-refractivity contribution is 5.96. The number of aryl methyl sites for hydroxylation is 1. The van der Waals surface area contributed by atoms with Gasteiger partial charge in [0.25, 0.3) is 5.91 Å². The summed E-state index contributed by atoms with van der Waals surface area (Å²) in [6, 6.07) is 15.2. The van der Waals surface area contributed by atoms with Crippen LogP contribution in [-0.4, -0.2) is 59.5 Å². The van der Waals surface area contributed by atoms with Gasteiger partial charge in [0.1, 0.15) is 0 Å². The molecule has 2 heterocycles. The number of allylic oxidation sites excluding steroid dienone is 1. The minimum Gasteiger partial charge on any atom is -0.463 e. The number of morpholine rings is 1. The summed E-state index contributed by atoms with van der Waals surface area (Å²) in [6.45, 7) is 11.1. The van der Waals surface area contributed by atoms with Crippen LogP contribution < -0.4 is 0 Å². The first kappa shape index (κ1) is 26.6. The number of hydrogen-bond acceptors (Lipinski definition) is 5. The first-order valence-electron chi connectivity index (χ1n) is 13.0. The SMILES string of the molecule is CCOC(=O)C1=C(C)N(Cc2cccc(C(=O)N3CC(C)OC(C)C3)c2)C(=O)CC1c1ccccc1C. The van der Waals surface area contributed by atoms with Crippen molar-refractivity contribution in [3.63, 3.8) is 0 Å². The van der Waals surface area contributed by atoms with E-state index in [1.807, 2.05) is 68.1 Å². The standard InChI is InChI=1S/C30H36N2O5/c1-6-36-30(35)28-22(5)32(27(33)15-26(28)25-13-8-7-10-19(25)2)18-23-11-9-12-24(14-23)29(34)31-16-20(3)37-21(4)17-31/h7-14,20-21,26H,6,15-18H2,1-5H3. The summed E-state index contributed by atoms with van der Waals surface area (Å²) >= 11 is 0. The maximum Gasteiger partial charge on any atom is 0.336 e. The van der Waals surface area contributed by atoms with Gasteiger partial charge in [0.2, 0.25) is 5.91 Å². The molecule has 3 atom stereocenters. The molecule has 0 aliphatic carbocycles. The lowest BCUT2D eigenvalue weighted by Gasteiger charge is -2.36. The molecule has 37 heavy (non-hydrogen) atoms. The summed E-state index contributed by atoms with van der Waals surface area (Å²) in [6.07, 6.45) is 0.146. The predicted octanol–water partition coefficient (Wildman–Crippen LogP) is 4.60. The molecular formula is C30H36N2O5. The molecule has 2 aliphatic rings. The van der Waals surface area contributed by atoms with Gasteiger partial charge in [-0.25, -0.2) is 4.79 Å². The van der Waals surface area contributed by atoms with Crippen LogP contribution in [0.15, 0.2) is 59.8 Å². The summed E-state index contributed by atoms with van der Waals surface area (Å²) in [7, 11) is 0. The maximum absolute atomic E-state index is 13.4. The van der Waals surface area contributed by atoms with Crippen molar-refractivity contribution < 1.29 is 23.9 Å². The van der Waals surface area contributed by atoms with Crippen LogP contribution in [0.3, 0.4) is 0 Å². The molecule has 1 fully saturated rings. The van der Waals surface area contributed by atoms with Gasteiger partial charge in [0.05, 0.1) is 30.9 Å². The Balaban J connectivity index is 1.63. The summed E-state index contributed by atoms with van der Waals surface area (Å²) in [5, 5.41) is 0. The van der Waals surface area contributed by atoms with Crippen molar-refractivity contribution in [2.75, 3.05) is 19.7 Å². The lowest BCUT2D eigenvalue weighted by atomic mass is 9.81. The predicted molar refractivity (Wildman–Crippen MR) is 141 cm³/mol. The number of esters is 1. The molecule has 0 saturated carbocycles. The average molecular weight is 505 g/mol. The smallest absolute Gasteiger partial charge is 0.336 e. The first-order chi connectivity index (χ1) is 17.7. The second kappa shape index (κ2) is 11.3. The molecule has 1 saturated heterocycles. The zero-order valence-corrected chi connectivity index (χ0v) is 22.3. The highest BCUT2D eigenvalue weighted by Gasteiger charge is 2.37. The number of ether oxygens (including phenoxy) is 2. The van der Waals surface area contributed by atoms with Gasteiger partial charge in [-0.05, 0) is 63.4 Å². The Morgan fingerprint density at radius 2 is 1.73 bits per heavy atom. The third kappa shape index (κ3) is 5.77. The Hall–Kier alpha value is -3.45. The van der Waals surface area contributed by atoms with Gasteiger partial charge in [-0.1, -0.05) is 36.4 Å². The van der Waals surface area contributed by atoms with E-state index >= 15 is 0 Å². The fraction of sp³-hybridized carbons (Fsp3) is 0.433. The summed E-state index contributed by atoms with van der Waals surface area (Å²) in [5.41, 5.74) is 4.49. The normalized spacial score (nSPS) is 22.3. The summed E-state index contributed by atoms with van der Waals surface area (Å²) in [4.78, 5) is 43.2. The van der Waals surface area contributed by atoms with Gasteiger partial charge < -0.3 is 19.3 Å². The third-order valence-corrected chi connectivity index (χ3v) is 7.10. The van der Waals surface area contributed by atoms with Crippen LogP contribution >= 0.6 is 0 Å². The van der Waals surface area contributed by atoms with Crippen LogP contribution in [0.5, 0.6) is 0 Å². The Kier molecular flexibility index (Phi) is 8.13. The summed E-state index contributed by atoms with van der Waals surface area (Å²) in [5.74, 6) is -0.869. The van der Waals surface area contributed by atoms with E-state index in [-0.39, 0.29) is 49.5 Å². The topological polar surface area (TPSA) is 76.2 Å². The number of carbonyl (C=O) groups is 3. The highest BCUT2D eigenvalue weighted by Crippen LogP contribution is 2.39. The highest BCUT2D eigenvalue weighted by atomic mass is 16.5. The Bertz CT molecular complexity index is 1210. The fourth-order valence-electron chi connectivity index (χ4n) is 5.43. The molecule has 7 nitrogen and oxygen atoms in total. The van der Waals surface area contributed by atoms with E-state index in [1.165, 1.54) is 0 Å². The number of benzene rings is 2. The number of hydrogen-bond donors (Lipinski definition) is 0. The molecule has 0 spiro atoms.